The lowest BCUT2D eigenvalue weighted by atomic mass is 9.77. The van der Waals surface area contributed by atoms with Crippen LogP contribution in [0.5, 0.6) is 0 Å². The number of hydrogen-bond acceptors (Lipinski definition) is 4. The number of anilines is 1. The largest absolute Gasteiger partial charge is 0.368 e. The second-order valence-electron chi connectivity index (χ2n) is 5.06. The molecule has 3 rings (SSSR count). The van der Waals surface area contributed by atoms with Crippen LogP contribution in [0.3, 0.4) is 0 Å². The SMILES string of the molecule is CN1CCCC2Cc3nc(N)ncc3CC21. The molecular weight excluding hydrogens is 200 g/mol. The Labute approximate surface area is 95.9 Å². The molecule has 16 heavy (non-hydrogen) atoms. The van der Waals surface area contributed by atoms with Crippen molar-refractivity contribution in [3.8, 4) is 0 Å². The van der Waals surface area contributed by atoms with E-state index in [2.05, 4.69) is 21.9 Å². The number of likely N-dealkylation sites (tertiary alicyclic amines) is 1. The Kier molecular flexibility index (Phi) is 2.32. The van der Waals surface area contributed by atoms with Gasteiger partial charge < -0.3 is 10.6 Å². The Morgan fingerprint density at radius 3 is 3.19 bits per heavy atom. The smallest absolute Gasteiger partial charge is 0.220 e. The maximum Gasteiger partial charge on any atom is 0.220 e. The number of nitrogens with two attached hydrogens (primary N) is 1. The molecule has 2 N–H and O–H groups in total. The summed E-state index contributed by atoms with van der Waals surface area (Å²) in [7, 11) is 2.24. The molecule has 1 fully saturated rings. The summed E-state index contributed by atoms with van der Waals surface area (Å²) in [6.07, 6.45) is 6.73. The molecule has 0 aromatic carbocycles. The second-order valence-corrected chi connectivity index (χ2v) is 5.06. The molecule has 1 aliphatic heterocycles. The summed E-state index contributed by atoms with van der Waals surface area (Å²) >= 11 is 0. The number of aromatic nitrogens is 2. The van der Waals surface area contributed by atoms with Crippen molar-refractivity contribution in [3.05, 3.63) is 17.5 Å². The van der Waals surface area contributed by atoms with Gasteiger partial charge in [0.2, 0.25) is 5.95 Å². The number of nitrogen functional groups attached to an aromatic ring is 1. The van der Waals surface area contributed by atoms with Gasteiger partial charge in [-0.3, -0.25) is 0 Å². The first-order valence-electron chi connectivity index (χ1n) is 6.04. The van der Waals surface area contributed by atoms with Crippen molar-refractivity contribution in [3.63, 3.8) is 0 Å². The van der Waals surface area contributed by atoms with E-state index >= 15 is 0 Å². The molecule has 1 saturated heterocycles. The van der Waals surface area contributed by atoms with Gasteiger partial charge in [0.1, 0.15) is 0 Å². The number of likely N-dealkylation sites (N-methyl/N-ethyl adjacent to an activating group) is 1. The summed E-state index contributed by atoms with van der Waals surface area (Å²) in [5.74, 6) is 1.18. The summed E-state index contributed by atoms with van der Waals surface area (Å²) < 4.78 is 0. The fourth-order valence-corrected chi connectivity index (χ4v) is 3.16. The Balaban J connectivity index is 1.93. The van der Waals surface area contributed by atoms with E-state index in [1.807, 2.05) is 6.20 Å². The van der Waals surface area contributed by atoms with Gasteiger partial charge in [-0.25, -0.2) is 9.97 Å². The molecule has 1 aliphatic carbocycles. The van der Waals surface area contributed by atoms with Gasteiger partial charge in [-0.1, -0.05) is 0 Å². The molecule has 86 valence electrons. The van der Waals surface area contributed by atoms with Gasteiger partial charge in [0.25, 0.3) is 0 Å². The van der Waals surface area contributed by atoms with Crippen LogP contribution in [0.25, 0.3) is 0 Å². The van der Waals surface area contributed by atoms with E-state index in [0.717, 1.165) is 18.8 Å². The van der Waals surface area contributed by atoms with Gasteiger partial charge in [-0.05, 0) is 50.8 Å². The lowest BCUT2D eigenvalue weighted by molar-refractivity contribution is 0.111. The average molecular weight is 218 g/mol. The molecule has 4 nitrogen and oxygen atoms in total. The minimum Gasteiger partial charge on any atom is -0.368 e. The molecule has 4 heteroatoms. The van der Waals surface area contributed by atoms with Crippen molar-refractivity contribution in [2.75, 3.05) is 19.3 Å². The highest BCUT2D eigenvalue weighted by Gasteiger charge is 2.34. The van der Waals surface area contributed by atoms with E-state index in [0.29, 0.717) is 12.0 Å². The third-order valence-corrected chi connectivity index (χ3v) is 4.05. The van der Waals surface area contributed by atoms with Crippen LogP contribution in [0, 0.1) is 5.92 Å². The van der Waals surface area contributed by atoms with Crippen LogP contribution < -0.4 is 5.73 Å². The van der Waals surface area contributed by atoms with Crippen LogP contribution >= 0.6 is 0 Å². The summed E-state index contributed by atoms with van der Waals surface area (Å²) in [6, 6.07) is 0.688. The molecule has 2 aliphatic rings. The number of hydrogen-bond donors (Lipinski definition) is 1. The number of piperidine rings is 1. The van der Waals surface area contributed by atoms with Gasteiger partial charge in [-0.15, -0.1) is 0 Å². The summed E-state index contributed by atoms with van der Waals surface area (Å²) in [6.45, 7) is 1.23. The third kappa shape index (κ3) is 1.57. The molecule has 0 saturated carbocycles. The lowest BCUT2D eigenvalue weighted by Gasteiger charge is -2.42. The first-order chi connectivity index (χ1) is 7.74. The molecule has 0 radical (unpaired) electrons. The Bertz CT molecular complexity index is 404. The normalized spacial score (nSPS) is 29.6. The molecule has 2 unspecified atom stereocenters. The fraction of sp³-hybridized carbons (Fsp3) is 0.667. The van der Waals surface area contributed by atoms with Crippen molar-refractivity contribution < 1.29 is 0 Å². The van der Waals surface area contributed by atoms with Gasteiger partial charge in [0, 0.05) is 17.9 Å². The lowest BCUT2D eigenvalue weighted by Crippen LogP contribution is -2.47. The van der Waals surface area contributed by atoms with E-state index in [-0.39, 0.29) is 0 Å². The van der Waals surface area contributed by atoms with E-state index in [1.54, 1.807) is 0 Å². The van der Waals surface area contributed by atoms with E-state index in [9.17, 15) is 0 Å². The molecular formula is C12H18N4. The molecule has 2 atom stereocenters. The highest BCUT2D eigenvalue weighted by atomic mass is 15.1. The zero-order chi connectivity index (χ0) is 11.1. The summed E-state index contributed by atoms with van der Waals surface area (Å²) in [5.41, 5.74) is 8.12. The van der Waals surface area contributed by atoms with E-state index in [4.69, 9.17) is 5.73 Å². The van der Waals surface area contributed by atoms with Crippen LogP contribution in [-0.2, 0) is 12.8 Å². The van der Waals surface area contributed by atoms with E-state index < -0.39 is 0 Å². The maximum absolute atomic E-state index is 5.64. The van der Waals surface area contributed by atoms with Crippen LogP contribution in [0.4, 0.5) is 5.95 Å². The van der Waals surface area contributed by atoms with Crippen LogP contribution in [0.2, 0.25) is 0 Å². The predicted octanol–water partition coefficient (Wildman–Crippen LogP) is 0.868. The minimum absolute atomic E-state index is 0.418. The quantitative estimate of drug-likeness (QED) is 0.702. The molecule has 1 aromatic rings. The number of nitrogens with zero attached hydrogens (tertiary/aromatic N) is 3. The topological polar surface area (TPSA) is 55.0 Å². The highest BCUT2D eigenvalue weighted by molar-refractivity contribution is 5.29. The van der Waals surface area contributed by atoms with Crippen LogP contribution in [0.1, 0.15) is 24.1 Å². The Morgan fingerprint density at radius 2 is 2.31 bits per heavy atom. The zero-order valence-electron chi connectivity index (χ0n) is 9.69. The van der Waals surface area contributed by atoms with Crippen LogP contribution in [0.15, 0.2) is 6.20 Å². The highest BCUT2D eigenvalue weighted by Crippen LogP contribution is 2.33. The van der Waals surface area contributed by atoms with Gasteiger partial charge in [0.05, 0.1) is 0 Å². The Morgan fingerprint density at radius 1 is 1.44 bits per heavy atom. The maximum atomic E-state index is 5.64. The molecule has 2 heterocycles. The monoisotopic (exact) mass is 218 g/mol. The second kappa shape index (κ2) is 3.70. The van der Waals surface area contributed by atoms with Crippen molar-refractivity contribution in [1.29, 1.82) is 0 Å². The van der Waals surface area contributed by atoms with E-state index in [1.165, 1.54) is 30.6 Å². The average Bonchev–Trinajstić information content (AvgIpc) is 2.27. The first kappa shape index (κ1) is 10.0. The molecule has 0 amide bonds. The van der Waals surface area contributed by atoms with Crippen molar-refractivity contribution in [2.24, 2.45) is 5.92 Å². The van der Waals surface area contributed by atoms with Gasteiger partial charge in [-0.2, -0.15) is 0 Å². The fourth-order valence-electron chi connectivity index (χ4n) is 3.16. The van der Waals surface area contributed by atoms with Gasteiger partial charge in [0.15, 0.2) is 0 Å². The molecule has 1 aromatic heterocycles. The summed E-state index contributed by atoms with van der Waals surface area (Å²) in [4.78, 5) is 11.0. The third-order valence-electron chi connectivity index (χ3n) is 4.05. The van der Waals surface area contributed by atoms with Crippen molar-refractivity contribution in [1.82, 2.24) is 14.9 Å². The number of rotatable bonds is 0. The number of fused-ring (bicyclic) bond motifs is 2. The Hall–Kier alpha value is -1.16. The van der Waals surface area contributed by atoms with Crippen LogP contribution in [-0.4, -0.2) is 34.5 Å². The van der Waals surface area contributed by atoms with Crippen molar-refractivity contribution in [2.45, 2.75) is 31.7 Å². The zero-order valence-corrected chi connectivity index (χ0v) is 9.69. The summed E-state index contributed by atoms with van der Waals surface area (Å²) in [5, 5.41) is 0. The predicted molar refractivity (Wildman–Crippen MR) is 63.0 cm³/mol. The van der Waals surface area contributed by atoms with Gasteiger partial charge >= 0.3 is 0 Å². The molecule has 0 spiro atoms. The standard InChI is InChI=1S/C12H18N4/c1-16-4-2-3-8-5-10-9(6-11(8)16)7-14-12(13)15-10/h7-8,11H,2-6H2,1H3,(H2,13,14,15). The molecule has 0 bridgehead atoms. The van der Waals surface area contributed by atoms with Crippen molar-refractivity contribution >= 4 is 5.95 Å². The first-order valence-corrected chi connectivity index (χ1v) is 6.04. The minimum atomic E-state index is 0.418.